The van der Waals surface area contributed by atoms with Crippen LogP contribution in [0.3, 0.4) is 0 Å². The van der Waals surface area contributed by atoms with Crippen LogP contribution in [-0.4, -0.2) is 26.2 Å². The Hall–Kier alpha value is 0.870. The van der Waals surface area contributed by atoms with Gasteiger partial charge in [0.1, 0.15) is 0 Å². The van der Waals surface area contributed by atoms with E-state index in [-0.39, 0.29) is 22.4 Å². The molecular formula is C9H18AgF3O3PS. The number of halogens is 3. The molecule has 18 heavy (non-hydrogen) atoms. The standard InChI is InChI=1S/C9H18F3O3PS.Ag/c1-3-5-7-16(8-6-4-2)15-17(13,14)9(10,11)12;/h3-8H2,1-2H3;. The predicted molar refractivity (Wildman–Crippen MR) is 62.5 cm³/mol. The molecule has 115 valence electrons. The number of unbranched alkanes of at least 4 members (excludes halogenated alkanes) is 2. The summed E-state index contributed by atoms with van der Waals surface area (Å²) in [6.07, 6.45) is 3.79. The Morgan fingerprint density at radius 3 is 1.72 bits per heavy atom. The Morgan fingerprint density at radius 2 is 1.44 bits per heavy atom. The molecule has 9 heteroatoms. The van der Waals surface area contributed by atoms with Crippen molar-refractivity contribution in [3.8, 4) is 0 Å². The molecule has 0 atom stereocenters. The number of hydrogen-bond donors (Lipinski definition) is 0. The summed E-state index contributed by atoms with van der Waals surface area (Å²) >= 11 is 0. The van der Waals surface area contributed by atoms with Crippen LogP contribution in [0.1, 0.15) is 39.5 Å². The molecule has 0 bridgehead atoms. The fourth-order valence-electron chi connectivity index (χ4n) is 1.04. The second-order valence-electron chi connectivity index (χ2n) is 3.61. The van der Waals surface area contributed by atoms with E-state index in [1.54, 1.807) is 0 Å². The maximum atomic E-state index is 12.1. The van der Waals surface area contributed by atoms with E-state index in [1.165, 1.54) is 0 Å². The molecule has 0 aliphatic carbocycles. The summed E-state index contributed by atoms with van der Waals surface area (Å²) in [5.74, 6) is 0. The Kier molecular flexibility index (Phi) is 11.4. The Morgan fingerprint density at radius 1 is 1.06 bits per heavy atom. The molecule has 0 heterocycles. The minimum atomic E-state index is -5.43. The summed E-state index contributed by atoms with van der Waals surface area (Å²) in [7, 11) is -6.96. The molecule has 1 radical (unpaired) electrons. The molecule has 0 spiro atoms. The van der Waals surface area contributed by atoms with Crippen molar-refractivity contribution in [2.45, 2.75) is 45.0 Å². The summed E-state index contributed by atoms with van der Waals surface area (Å²) in [5.41, 5.74) is -5.31. The summed E-state index contributed by atoms with van der Waals surface area (Å²) in [4.78, 5) is 0. The van der Waals surface area contributed by atoms with E-state index in [4.69, 9.17) is 0 Å². The molecule has 0 unspecified atom stereocenters. The van der Waals surface area contributed by atoms with Crippen LogP contribution in [0.15, 0.2) is 0 Å². The van der Waals surface area contributed by atoms with Crippen LogP contribution >= 0.6 is 8.15 Å². The predicted octanol–water partition coefficient (Wildman–Crippen LogP) is 3.85. The SMILES string of the molecule is CCCCP(CCCC)OS(=O)(=O)C(F)(F)F.[Ag]. The largest absolute Gasteiger partial charge is 0.523 e. The Bertz CT molecular complexity index is 301. The van der Waals surface area contributed by atoms with Crippen molar-refractivity contribution >= 4 is 18.3 Å². The molecule has 0 N–H and O–H groups in total. The van der Waals surface area contributed by atoms with Crippen LogP contribution < -0.4 is 0 Å². The molecule has 0 aromatic heterocycles. The third-order valence-electron chi connectivity index (χ3n) is 2.01. The molecule has 0 fully saturated rings. The van der Waals surface area contributed by atoms with Crippen LogP contribution in [0.4, 0.5) is 13.2 Å². The second-order valence-corrected chi connectivity index (χ2v) is 7.44. The maximum Gasteiger partial charge on any atom is 0.523 e. The van der Waals surface area contributed by atoms with E-state index >= 15 is 0 Å². The first kappa shape index (κ1) is 21.2. The van der Waals surface area contributed by atoms with Crippen molar-refractivity contribution in [2.24, 2.45) is 0 Å². The van der Waals surface area contributed by atoms with Gasteiger partial charge < -0.3 is 0 Å². The fraction of sp³-hybridized carbons (Fsp3) is 1.00. The van der Waals surface area contributed by atoms with E-state index in [1.807, 2.05) is 13.8 Å². The van der Waals surface area contributed by atoms with Gasteiger partial charge in [-0.3, -0.25) is 0 Å². The van der Waals surface area contributed by atoms with Crippen molar-refractivity contribution in [3.05, 3.63) is 0 Å². The minimum Gasteiger partial charge on any atom is -0.241 e. The maximum absolute atomic E-state index is 12.1. The molecule has 0 saturated carbocycles. The minimum absolute atomic E-state index is 0. The quantitative estimate of drug-likeness (QED) is 0.352. The first-order valence-corrected chi connectivity index (χ1v) is 8.54. The molecule has 0 rings (SSSR count). The third-order valence-corrected chi connectivity index (χ3v) is 5.83. The molecule has 0 aliphatic rings. The normalized spacial score (nSPS) is 12.6. The topological polar surface area (TPSA) is 43.4 Å². The summed E-state index contributed by atoms with van der Waals surface area (Å²) in [6.45, 7) is 3.79. The van der Waals surface area contributed by atoms with Gasteiger partial charge in [0.05, 0.1) is 8.15 Å². The average molecular weight is 402 g/mol. The van der Waals surface area contributed by atoms with Gasteiger partial charge in [0.25, 0.3) is 0 Å². The molecule has 0 amide bonds. The van der Waals surface area contributed by atoms with Crippen LogP contribution in [0.25, 0.3) is 0 Å². The second kappa shape index (κ2) is 9.72. The van der Waals surface area contributed by atoms with Gasteiger partial charge in [-0.05, 0) is 25.2 Å². The fourth-order valence-corrected chi connectivity index (χ4v) is 4.64. The van der Waals surface area contributed by atoms with Gasteiger partial charge in [0.15, 0.2) is 0 Å². The molecule has 0 saturated heterocycles. The van der Waals surface area contributed by atoms with Gasteiger partial charge >= 0.3 is 15.6 Å². The summed E-state index contributed by atoms with van der Waals surface area (Å²) in [6, 6.07) is 0. The number of hydrogen-bond acceptors (Lipinski definition) is 3. The van der Waals surface area contributed by atoms with Crippen molar-refractivity contribution in [1.29, 1.82) is 0 Å². The summed E-state index contributed by atoms with van der Waals surface area (Å²) in [5, 5.41) is 0. The van der Waals surface area contributed by atoms with E-state index < -0.39 is 23.8 Å². The smallest absolute Gasteiger partial charge is 0.241 e. The zero-order valence-corrected chi connectivity index (χ0v) is 13.5. The van der Waals surface area contributed by atoms with Crippen molar-refractivity contribution < 1.29 is 47.9 Å². The van der Waals surface area contributed by atoms with Gasteiger partial charge in [-0.25, -0.2) is 3.97 Å². The zero-order chi connectivity index (χ0) is 13.5. The Labute approximate surface area is 123 Å². The van der Waals surface area contributed by atoms with Crippen LogP contribution in [0.5, 0.6) is 0 Å². The van der Waals surface area contributed by atoms with Gasteiger partial charge in [-0.15, -0.1) is 0 Å². The van der Waals surface area contributed by atoms with Crippen molar-refractivity contribution in [1.82, 2.24) is 0 Å². The summed E-state index contributed by atoms with van der Waals surface area (Å²) < 4.78 is 62.4. The van der Waals surface area contributed by atoms with E-state index in [2.05, 4.69) is 3.97 Å². The molecule has 0 aliphatic heterocycles. The zero-order valence-electron chi connectivity index (χ0n) is 10.3. The first-order valence-electron chi connectivity index (χ1n) is 5.50. The van der Waals surface area contributed by atoms with E-state index in [0.29, 0.717) is 25.2 Å². The molecule has 3 nitrogen and oxygen atoms in total. The van der Waals surface area contributed by atoms with Crippen LogP contribution in [0, 0.1) is 0 Å². The van der Waals surface area contributed by atoms with Gasteiger partial charge in [0.2, 0.25) is 0 Å². The van der Waals surface area contributed by atoms with Crippen molar-refractivity contribution in [3.63, 3.8) is 0 Å². The Balaban J connectivity index is 0. The molecule has 0 aromatic rings. The van der Waals surface area contributed by atoms with Crippen LogP contribution in [0.2, 0.25) is 0 Å². The van der Waals surface area contributed by atoms with E-state index in [9.17, 15) is 21.6 Å². The molecular weight excluding hydrogens is 384 g/mol. The van der Waals surface area contributed by atoms with Crippen molar-refractivity contribution in [2.75, 3.05) is 12.3 Å². The van der Waals surface area contributed by atoms with E-state index in [0.717, 1.165) is 12.8 Å². The first-order chi connectivity index (χ1) is 7.74. The van der Waals surface area contributed by atoms with Crippen LogP contribution in [-0.2, 0) is 36.5 Å². The third kappa shape index (κ3) is 8.12. The molecule has 0 aromatic carbocycles. The number of rotatable bonds is 8. The average Bonchev–Trinajstić information content (AvgIpc) is 2.20. The van der Waals surface area contributed by atoms with Gasteiger partial charge in [-0.2, -0.15) is 21.6 Å². The number of alkyl halides is 3. The van der Waals surface area contributed by atoms with Gasteiger partial charge in [-0.1, -0.05) is 26.7 Å². The van der Waals surface area contributed by atoms with Gasteiger partial charge in [0, 0.05) is 22.4 Å². The monoisotopic (exact) mass is 401 g/mol.